The molecule has 37 heavy (non-hydrogen) atoms. The molecule has 0 aliphatic heterocycles. The SMILES string of the molecule is Cc1c(/C=C/c2cc(CN[C@@](C)(CO)C(=O)O)ccc2C(F)(F)F)cccc1-c1ccc2nccn2c1. The third-order valence-electron chi connectivity index (χ3n) is 6.41. The van der Waals surface area contributed by atoms with Crippen LogP contribution in [0.4, 0.5) is 13.2 Å². The number of hydrogen-bond donors (Lipinski definition) is 3. The molecule has 2 aromatic carbocycles. The third-order valence-corrected chi connectivity index (χ3v) is 6.41. The Morgan fingerprint density at radius 3 is 2.57 bits per heavy atom. The highest BCUT2D eigenvalue weighted by Crippen LogP contribution is 2.34. The van der Waals surface area contributed by atoms with Gasteiger partial charge < -0.3 is 14.6 Å². The highest BCUT2D eigenvalue weighted by atomic mass is 19.4. The second-order valence-corrected chi connectivity index (χ2v) is 9.03. The first-order valence-electron chi connectivity index (χ1n) is 11.5. The van der Waals surface area contributed by atoms with Crippen molar-refractivity contribution in [3.05, 3.63) is 94.9 Å². The molecular formula is C28H26F3N3O3. The number of nitrogens with zero attached hydrogens (tertiary/aromatic N) is 2. The summed E-state index contributed by atoms with van der Waals surface area (Å²) in [6, 6.07) is 13.2. The first-order chi connectivity index (χ1) is 17.5. The first-order valence-corrected chi connectivity index (χ1v) is 11.5. The van der Waals surface area contributed by atoms with Crippen LogP contribution >= 0.6 is 0 Å². The molecule has 0 saturated carbocycles. The highest BCUT2D eigenvalue weighted by molar-refractivity contribution is 5.79. The van der Waals surface area contributed by atoms with Crippen LogP contribution < -0.4 is 5.32 Å². The van der Waals surface area contributed by atoms with Crippen LogP contribution in [0.2, 0.25) is 0 Å². The van der Waals surface area contributed by atoms with E-state index >= 15 is 0 Å². The Balaban J connectivity index is 1.67. The second-order valence-electron chi connectivity index (χ2n) is 9.03. The number of carbonyl (C=O) groups is 1. The number of imidazole rings is 1. The highest BCUT2D eigenvalue weighted by Gasteiger charge is 2.34. The van der Waals surface area contributed by atoms with E-state index in [4.69, 9.17) is 0 Å². The van der Waals surface area contributed by atoms with E-state index < -0.39 is 29.9 Å². The smallest absolute Gasteiger partial charge is 0.416 e. The lowest BCUT2D eigenvalue weighted by Gasteiger charge is -2.24. The van der Waals surface area contributed by atoms with Crippen LogP contribution in [0.3, 0.4) is 0 Å². The van der Waals surface area contributed by atoms with Crippen molar-refractivity contribution in [1.82, 2.24) is 14.7 Å². The minimum Gasteiger partial charge on any atom is -0.480 e. The van der Waals surface area contributed by atoms with Crippen molar-refractivity contribution in [2.45, 2.75) is 32.1 Å². The molecule has 0 aliphatic carbocycles. The summed E-state index contributed by atoms with van der Waals surface area (Å²) >= 11 is 0. The molecule has 0 fully saturated rings. The lowest BCUT2D eigenvalue weighted by atomic mass is 9.96. The van der Waals surface area contributed by atoms with Crippen molar-refractivity contribution >= 4 is 23.8 Å². The minimum atomic E-state index is -4.57. The summed E-state index contributed by atoms with van der Waals surface area (Å²) in [6.07, 6.45) is 4.00. The molecule has 2 aromatic heterocycles. The van der Waals surface area contributed by atoms with Crippen LogP contribution in [-0.2, 0) is 17.5 Å². The van der Waals surface area contributed by atoms with E-state index in [-0.39, 0.29) is 12.1 Å². The molecule has 0 spiro atoms. The van der Waals surface area contributed by atoms with Gasteiger partial charge in [-0.3, -0.25) is 10.1 Å². The lowest BCUT2D eigenvalue weighted by Crippen LogP contribution is -2.52. The summed E-state index contributed by atoms with van der Waals surface area (Å²) in [5, 5.41) is 21.4. The van der Waals surface area contributed by atoms with Gasteiger partial charge >= 0.3 is 12.1 Å². The summed E-state index contributed by atoms with van der Waals surface area (Å²) in [7, 11) is 0. The fraction of sp³-hybridized carbons (Fsp3) is 0.214. The maximum absolute atomic E-state index is 13.7. The van der Waals surface area contributed by atoms with Crippen molar-refractivity contribution in [2.75, 3.05) is 6.61 Å². The number of carboxylic acid groups (broad SMARTS) is 1. The van der Waals surface area contributed by atoms with Crippen LogP contribution in [-0.4, -0.2) is 37.7 Å². The van der Waals surface area contributed by atoms with Gasteiger partial charge in [0.1, 0.15) is 11.2 Å². The second kappa shape index (κ2) is 10.2. The van der Waals surface area contributed by atoms with E-state index in [1.807, 2.05) is 54.0 Å². The molecule has 0 amide bonds. The Bertz CT molecular complexity index is 1480. The van der Waals surface area contributed by atoms with Gasteiger partial charge in [-0.15, -0.1) is 0 Å². The van der Waals surface area contributed by atoms with Crippen molar-refractivity contribution in [1.29, 1.82) is 0 Å². The number of pyridine rings is 1. The number of aliphatic carboxylic acids is 1. The minimum absolute atomic E-state index is 0.0341. The van der Waals surface area contributed by atoms with Gasteiger partial charge in [0.25, 0.3) is 0 Å². The molecule has 0 radical (unpaired) electrons. The zero-order valence-corrected chi connectivity index (χ0v) is 20.3. The van der Waals surface area contributed by atoms with E-state index in [1.165, 1.54) is 25.1 Å². The molecule has 4 aromatic rings. The van der Waals surface area contributed by atoms with Crippen molar-refractivity contribution in [3.63, 3.8) is 0 Å². The van der Waals surface area contributed by atoms with Gasteiger partial charge in [-0.25, -0.2) is 4.98 Å². The van der Waals surface area contributed by atoms with E-state index in [9.17, 15) is 28.2 Å². The number of aliphatic hydroxyl groups is 1. The Labute approximate surface area is 211 Å². The van der Waals surface area contributed by atoms with Crippen molar-refractivity contribution < 1.29 is 28.2 Å². The van der Waals surface area contributed by atoms with Crippen molar-refractivity contribution in [3.8, 4) is 11.1 Å². The van der Waals surface area contributed by atoms with Gasteiger partial charge in [-0.1, -0.05) is 36.4 Å². The van der Waals surface area contributed by atoms with Crippen LogP contribution in [0.25, 0.3) is 28.9 Å². The summed E-state index contributed by atoms with van der Waals surface area (Å²) < 4.78 is 43.1. The van der Waals surface area contributed by atoms with E-state index in [1.54, 1.807) is 12.3 Å². The number of aromatic nitrogens is 2. The standard InChI is InChI=1S/C28H26F3N3O3/c1-18-20(4-3-5-23(18)22-9-11-25-32-12-13-34(25)16-22)7-8-21-14-19(6-10-24(21)28(29,30)31)15-33-27(2,17-35)26(36)37/h3-14,16,33,35H,15,17H2,1-2H3,(H,36,37)/b8-7+/t27-/m0/s1. The largest absolute Gasteiger partial charge is 0.480 e. The van der Waals surface area contributed by atoms with Gasteiger partial charge in [-0.2, -0.15) is 13.2 Å². The quantitative estimate of drug-likeness (QED) is 0.276. The van der Waals surface area contributed by atoms with Crippen LogP contribution in [0.1, 0.15) is 34.7 Å². The summed E-state index contributed by atoms with van der Waals surface area (Å²) in [5.41, 5.74) is 2.38. The number of alkyl halides is 3. The molecule has 0 bridgehead atoms. The summed E-state index contributed by atoms with van der Waals surface area (Å²) in [6.45, 7) is 2.52. The average Bonchev–Trinajstić information content (AvgIpc) is 3.34. The zero-order valence-electron chi connectivity index (χ0n) is 20.3. The number of fused-ring (bicyclic) bond motifs is 1. The summed E-state index contributed by atoms with van der Waals surface area (Å²) in [5.74, 6) is -1.26. The van der Waals surface area contributed by atoms with Crippen molar-refractivity contribution in [2.24, 2.45) is 0 Å². The number of carboxylic acids is 1. The van der Waals surface area contributed by atoms with E-state index in [2.05, 4.69) is 10.3 Å². The third kappa shape index (κ3) is 5.58. The molecule has 0 unspecified atom stereocenters. The fourth-order valence-electron chi connectivity index (χ4n) is 4.02. The number of benzene rings is 2. The molecule has 4 rings (SSSR count). The van der Waals surface area contributed by atoms with E-state index in [0.717, 1.165) is 34.0 Å². The number of nitrogens with one attached hydrogen (secondary N) is 1. The molecule has 6 nitrogen and oxygen atoms in total. The fourth-order valence-corrected chi connectivity index (χ4v) is 4.02. The summed E-state index contributed by atoms with van der Waals surface area (Å²) in [4.78, 5) is 15.7. The molecule has 0 saturated heterocycles. The topological polar surface area (TPSA) is 86.9 Å². The predicted molar refractivity (Wildman–Crippen MR) is 136 cm³/mol. The number of halogens is 3. The van der Waals surface area contributed by atoms with Gasteiger partial charge in [0, 0.05) is 25.1 Å². The maximum Gasteiger partial charge on any atom is 0.416 e. The van der Waals surface area contributed by atoms with Gasteiger partial charge in [0.2, 0.25) is 0 Å². The van der Waals surface area contributed by atoms with Crippen LogP contribution in [0, 0.1) is 6.92 Å². The molecule has 192 valence electrons. The van der Waals surface area contributed by atoms with E-state index in [0.29, 0.717) is 5.56 Å². The number of aliphatic hydroxyl groups excluding tert-OH is 1. The predicted octanol–water partition coefficient (Wildman–Crippen LogP) is 5.42. The van der Waals surface area contributed by atoms with Crippen LogP contribution in [0.15, 0.2) is 67.1 Å². The van der Waals surface area contributed by atoms with Gasteiger partial charge in [0.15, 0.2) is 0 Å². The van der Waals surface area contributed by atoms with Gasteiger partial charge in [0.05, 0.1) is 12.2 Å². The molecule has 2 heterocycles. The lowest BCUT2D eigenvalue weighted by molar-refractivity contribution is -0.146. The Morgan fingerprint density at radius 2 is 1.86 bits per heavy atom. The Kier molecular flexibility index (Phi) is 7.20. The van der Waals surface area contributed by atoms with Gasteiger partial charge in [-0.05, 0) is 71.5 Å². The maximum atomic E-state index is 13.7. The molecule has 3 N–H and O–H groups in total. The number of hydrogen-bond acceptors (Lipinski definition) is 4. The molecule has 9 heteroatoms. The van der Waals surface area contributed by atoms with Crippen LogP contribution in [0.5, 0.6) is 0 Å². The first kappa shape index (κ1) is 26.1. The zero-order chi connectivity index (χ0) is 26.8. The number of rotatable bonds is 8. The Hall–Kier alpha value is -3.95. The Morgan fingerprint density at radius 1 is 1.11 bits per heavy atom. The molecule has 0 aliphatic rings. The monoisotopic (exact) mass is 509 g/mol. The normalized spacial score (nSPS) is 13.8. The average molecular weight is 510 g/mol. The molecule has 1 atom stereocenters. The molecular weight excluding hydrogens is 483 g/mol.